The predicted octanol–water partition coefficient (Wildman–Crippen LogP) is 0.523. The first kappa shape index (κ1) is 15.9. The molecule has 0 aliphatic carbocycles. The van der Waals surface area contributed by atoms with E-state index in [1.807, 2.05) is 20.8 Å². The molecule has 1 aromatic carbocycles. The van der Waals surface area contributed by atoms with Gasteiger partial charge in [0.05, 0.1) is 0 Å². The number of nitrogens with one attached hydrogen (secondary N) is 2. The number of ether oxygens (including phenoxy) is 1. The molecule has 1 unspecified atom stereocenters. The molecular formula is C16H24FN2O2+. The maximum absolute atomic E-state index is 12.8. The second-order valence-corrected chi connectivity index (χ2v) is 5.89. The molecule has 1 heterocycles. The Kier molecular flexibility index (Phi) is 5.31. The lowest BCUT2D eigenvalue weighted by Gasteiger charge is -2.35. The second kappa shape index (κ2) is 7.00. The molecule has 0 radical (unpaired) electrons. The summed E-state index contributed by atoms with van der Waals surface area (Å²) in [5, 5.41) is 2.92. The van der Waals surface area contributed by atoms with Gasteiger partial charge in [0.2, 0.25) is 0 Å². The van der Waals surface area contributed by atoms with Gasteiger partial charge in [0.25, 0.3) is 5.91 Å². The molecule has 4 nitrogen and oxygen atoms in total. The topological polar surface area (TPSA) is 42.8 Å². The standard InChI is InChI=1S/C16H23FN2O2/c1-11-9-19(10-12(2)21-11)13(3)16(20)18-8-14-4-6-15(17)7-5-14/h4-7,11-13H,8-10H2,1-3H3,(H,18,20)/p+1/t11-,12+,13-/m0/s1. The number of halogens is 1. The summed E-state index contributed by atoms with van der Waals surface area (Å²) in [5.74, 6) is -0.241. The average Bonchev–Trinajstić information content (AvgIpc) is 2.44. The molecule has 0 saturated carbocycles. The summed E-state index contributed by atoms with van der Waals surface area (Å²) in [6, 6.07) is 6.07. The van der Waals surface area contributed by atoms with E-state index >= 15 is 0 Å². The molecule has 4 atom stereocenters. The van der Waals surface area contributed by atoms with Crippen molar-refractivity contribution in [2.45, 2.75) is 45.6 Å². The van der Waals surface area contributed by atoms with Crippen molar-refractivity contribution >= 4 is 5.91 Å². The number of hydrogen-bond donors (Lipinski definition) is 2. The number of carbonyl (C=O) groups excluding carboxylic acids is 1. The SMILES string of the molecule is C[C@@H]1C[NH+]([C@@H](C)C(=O)NCc2ccc(F)cc2)C[C@H](C)O1. The van der Waals surface area contributed by atoms with Crippen LogP contribution in [-0.2, 0) is 16.1 Å². The Labute approximate surface area is 125 Å². The quantitative estimate of drug-likeness (QED) is 0.850. The summed E-state index contributed by atoms with van der Waals surface area (Å²) in [5.41, 5.74) is 0.899. The van der Waals surface area contributed by atoms with Crippen LogP contribution in [0.4, 0.5) is 4.39 Å². The molecule has 2 N–H and O–H groups in total. The van der Waals surface area contributed by atoms with Gasteiger partial charge in [-0.15, -0.1) is 0 Å². The van der Waals surface area contributed by atoms with Crippen molar-refractivity contribution in [3.63, 3.8) is 0 Å². The van der Waals surface area contributed by atoms with E-state index in [1.165, 1.54) is 17.0 Å². The summed E-state index contributed by atoms with van der Waals surface area (Å²) >= 11 is 0. The van der Waals surface area contributed by atoms with Crippen LogP contribution in [0.15, 0.2) is 24.3 Å². The minimum atomic E-state index is -0.265. The van der Waals surface area contributed by atoms with E-state index in [-0.39, 0.29) is 30.0 Å². The largest absolute Gasteiger partial charge is 0.364 e. The average molecular weight is 295 g/mol. The molecule has 0 spiro atoms. The zero-order valence-electron chi connectivity index (χ0n) is 12.9. The van der Waals surface area contributed by atoms with Crippen LogP contribution in [0.25, 0.3) is 0 Å². The molecule has 1 amide bonds. The van der Waals surface area contributed by atoms with Crippen LogP contribution in [0.3, 0.4) is 0 Å². The van der Waals surface area contributed by atoms with Gasteiger partial charge in [-0.25, -0.2) is 4.39 Å². The fourth-order valence-corrected chi connectivity index (χ4v) is 2.80. The molecule has 21 heavy (non-hydrogen) atoms. The van der Waals surface area contributed by atoms with Crippen molar-refractivity contribution in [2.75, 3.05) is 13.1 Å². The summed E-state index contributed by atoms with van der Waals surface area (Å²) in [6.45, 7) is 8.14. The summed E-state index contributed by atoms with van der Waals surface area (Å²) in [4.78, 5) is 13.5. The van der Waals surface area contributed by atoms with Gasteiger partial charge in [0.1, 0.15) is 31.1 Å². The van der Waals surface area contributed by atoms with Gasteiger partial charge < -0.3 is 15.0 Å². The molecule has 1 saturated heterocycles. The zero-order valence-corrected chi connectivity index (χ0v) is 12.9. The normalized spacial score (nSPS) is 27.1. The van der Waals surface area contributed by atoms with E-state index in [4.69, 9.17) is 4.74 Å². The first-order valence-electron chi connectivity index (χ1n) is 7.48. The molecule has 1 aromatic rings. The first-order valence-corrected chi connectivity index (χ1v) is 7.48. The predicted molar refractivity (Wildman–Crippen MR) is 78.4 cm³/mol. The van der Waals surface area contributed by atoms with E-state index in [2.05, 4.69) is 5.32 Å². The number of hydrogen-bond acceptors (Lipinski definition) is 2. The van der Waals surface area contributed by atoms with Crippen molar-refractivity contribution < 1.29 is 18.8 Å². The molecule has 0 bridgehead atoms. The number of carbonyl (C=O) groups is 1. The highest BCUT2D eigenvalue weighted by Crippen LogP contribution is 2.02. The molecule has 5 heteroatoms. The Morgan fingerprint density at radius 2 is 1.90 bits per heavy atom. The number of morpholine rings is 1. The number of rotatable bonds is 4. The van der Waals surface area contributed by atoms with Crippen LogP contribution in [0, 0.1) is 5.82 Å². The van der Waals surface area contributed by atoms with Crippen molar-refractivity contribution in [3.05, 3.63) is 35.6 Å². The second-order valence-electron chi connectivity index (χ2n) is 5.89. The van der Waals surface area contributed by atoms with E-state index in [0.29, 0.717) is 6.54 Å². The fourth-order valence-electron chi connectivity index (χ4n) is 2.80. The van der Waals surface area contributed by atoms with Crippen LogP contribution >= 0.6 is 0 Å². The van der Waals surface area contributed by atoms with Gasteiger partial charge in [-0.2, -0.15) is 0 Å². The third kappa shape index (κ3) is 4.51. The Balaban J connectivity index is 1.86. The minimum absolute atomic E-state index is 0.0237. The third-order valence-corrected chi connectivity index (χ3v) is 3.95. The van der Waals surface area contributed by atoms with Crippen molar-refractivity contribution in [2.24, 2.45) is 0 Å². The fraction of sp³-hybridized carbons (Fsp3) is 0.562. The van der Waals surface area contributed by atoms with Gasteiger partial charge >= 0.3 is 0 Å². The number of quaternary nitrogens is 1. The van der Waals surface area contributed by atoms with Crippen LogP contribution < -0.4 is 10.2 Å². The lowest BCUT2D eigenvalue weighted by atomic mass is 10.1. The van der Waals surface area contributed by atoms with Crippen LogP contribution in [0.1, 0.15) is 26.3 Å². The van der Waals surface area contributed by atoms with Crippen molar-refractivity contribution in [3.8, 4) is 0 Å². The Hall–Kier alpha value is -1.46. The third-order valence-electron chi connectivity index (χ3n) is 3.95. The maximum Gasteiger partial charge on any atom is 0.278 e. The lowest BCUT2D eigenvalue weighted by Crippen LogP contribution is -3.19. The molecule has 1 fully saturated rings. The molecule has 0 aromatic heterocycles. The number of amides is 1. The van der Waals surface area contributed by atoms with Crippen LogP contribution in [0.5, 0.6) is 0 Å². The minimum Gasteiger partial charge on any atom is -0.364 e. The molecular weight excluding hydrogens is 271 g/mol. The van der Waals surface area contributed by atoms with E-state index in [0.717, 1.165) is 18.7 Å². The molecule has 116 valence electrons. The smallest absolute Gasteiger partial charge is 0.278 e. The van der Waals surface area contributed by atoms with Gasteiger partial charge in [-0.3, -0.25) is 4.79 Å². The van der Waals surface area contributed by atoms with Crippen LogP contribution in [-0.4, -0.2) is 37.2 Å². The highest BCUT2D eigenvalue weighted by atomic mass is 19.1. The van der Waals surface area contributed by atoms with Gasteiger partial charge in [-0.05, 0) is 38.5 Å². The summed E-state index contributed by atoms with van der Waals surface area (Å²) in [6.07, 6.45) is 0.354. The van der Waals surface area contributed by atoms with Crippen LogP contribution in [0.2, 0.25) is 0 Å². The van der Waals surface area contributed by atoms with E-state index in [9.17, 15) is 9.18 Å². The van der Waals surface area contributed by atoms with E-state index in [1.54, 1.807) is 12.1 Å². The Morgan fingerprint density at radius 3 is 2.48 bits per heavy atom. The van der Waals surface area contributed by atoms with Gasteiger partial charge in [0, 0.05) is 6.54 Å². The molecule has 1 aliphatic heterocycles. The molecule has 1 aliphatic rings. The molecule has 2 rings (SSSR count). The monoisotopic (exact) mass is 295 g/mol. The Morgan fingerprint density at radius 1 is 1.33 bits per heavy atom. The highest BCUT2D eigenvalue weighted by Gasteiger charge is 2.32. The zero-order chi connectivity index (χ0) is 15.4. The van der Waals surface area contributed by atoms with E-state index < -0.39 is 0 Å². The Bertz CT molecular complexity index is 468. The highest BCUT2D eigenvalue weighted by molar-refractivity contribution is 5.79. The van der Waals surface area contributed by atoms with Gasteiger partial charge in [-0.1, -0.05) is 12.1 Å². The maximum atomic E-state index is 12.8. The summed E-state index contributed by atoms with van der Waals surface area (Å²) < 4.78 is 18.5. The van der Waals surface area contributed by atoms with Gasteiger partial charge in [0.15, 0.2) is 6.04 Å². The first-order chi connectivity index (χ1) is 9.95. The van der Waals surface area contributed by atoms with Crippen molar-refractivity contribution in [1.82, 2.24) is 5.32 Å². The van der Waals surface area contributed by atoms with Crippen molar-refractivity contribution in [1.29, 1.82) is 0 Å². The lowest BCUT2D eigenvalue weighted by molar-refractivity contribution is -0.928. The summed E-state index contributed by atoms with van der Waals surface area (Å²) in [7, 11) is 0. The number of benzene rings is 1.